The molecule has 20 heavy (non-hydrogen) atoms. The van der Waals surface area contributed by atoms with Crippen molar-refractivity contribution >= 4 is 5.91 Å². The Kier molecular flexibility index (Phi) is 5.36. The molecule has 0 aromatic heterocycles. The Hall–Kier alpha value is -1.61. The highest BCUT2D eigenvalue weighted by atomic mass is 16.2. The minimum Gasteiger partial charge on any atom is -0.352 e. The van der Waals surface area contributed by atoms with Crippen LogP contribution in [0.2, 0.25) is 0 Å². The summed E-state index contributed by atoms with van der Waals surface area (Å²) in [5.74, 6) is 0.138. The van der Waals surface area contributed by atoms with Crippen molar-refractivity contribution in [1.29, 1.82) is 0 Å². The molecule has 0 aliphatic heterocycles. The summed E-state index contributed by atoms with van der Waals surface area (Å²) >= 11 is 0. The van der Waals surface area contributed by atoms with Gasteiger partial charge in [-0.1, -0.05) is 42.5 Å². The van der Waals surface area contributed by atoms with Gasteiger partial charge in [-0.05, 0) is 45.3 Å². The van der Waals surface area contributed by atoms with Gasteiger partial charge in [0.1, 0.15) is 0 Å². The zero-order valence-corrected chi connectivity index (χ0v) is 12.4. The molecule has 1 aromatic carbocycles. The summed E-state index contributed by atoms with van der Waals surface area (Å²) in [6, 6.07) is 10.4. The van der Waals surface area contributed by atoms with Crippen LogP contribution in [0, 0.1) is 0 Å². The van der Waals surface area contributed by atoms with Crippen LogP contribution >= 0.6 is 0 Å². The number of rotatable bonds is 5. The van der Waals surface area contributed by atoms with Gasteiger partial charge in [-0.25, -0.2) is 0 Å². The van der Waals surface area contributed by atoms with Gasteiger partial charge in [0, 0.05) is 6.04 Å². The van der Waals surface area contributed by atoms with Crippen molar-refractivity contribution in [3.05, 3.63) is 48.0 Å². The van der Waals surface area contributed by atoms with Crippen LogP contribution < -0.4 is 5.32 Å². The normalized spacial score (nSPS) is 19.9. The van der Waals surface area contributed by atoms with E-state index < -0.39 is 0 Å². The predicted octanol–water partition coefficient (Wildman–Crippen LogP) is 2.38. The SMILES string of the molecule is CN(C)[C@H](Cc1ccccc1)C(=O)N[C@@H]1CC=CCC1. The van der Waals surface area contributed by atoms with Crippen LogP contribution in [0.5, 0.6) is 0 Å². The Morgan fingerprint density at radius 3 is 2.65 bits per heavy atom. The fourth-order valence-electron chi connectivity index (χ4n) is 2.57. The van der Waals surface area contributed by atoms with E-state index in [2.05, 4.69) is 29.6 Å². The highest BCUT2D eigenvalue weighted by Crippen LogP contribution is 2.12. The first-order valence-electron chi connectivity index (χ1n) is 7.32. The number of nitrogens with zero attached hydrogens (tertiary/aromatic N) is 1. The molecule has 0 unspecified atom stereocenters. The second-order valence-corrected chi connectivity index (χ2v) is 5.66. The molecule has 1 aliphatic carbocycles. The van der Waals surface area contributed by atoms with E-state index in [1.54, 1.807) is 0 Å². The largest absolute Gasteiger partial charge is 0.352 e. The molecule has 1 N–H and O–H groups in total. The quantitative estimate of drug-likeness (QED) is 0.835. The smallest absolute Gasteiger partial charge is 0.237 e. The molecule has 0 radical (unpaired) electrons. The molecule has 2 atom stereocenters. The molecule has 2 rings (SSSR count). The van der Waals surface area contributed by atoms with Gasteiger partial charge in [-0.3, -0.25) is 9.69 Å². The zero-order chi connectivity index (χ0) is 14.4. The third kappa shape index (κ3) is 4.20. The lowest BCUT2D eigenvalue weighted by Gasteiger charge is -2.27. The molecular weight excluding hydrogens is 248 g/mol. The number of hydrogen-bond donors (Lipinski definition) is 1. The van der Waals surface area contributed by atoms with Crippen molar-refractivity contribution in [2.45, 2.75) is 37.8 Å². The Morgan fingerprint density at radius 2 is 2.05 bits per heavy atom. The first-order chi connectivity index (χ1) is 9.66. The fraction of sp³-hybridized carbons (Fsp3) is 0.471. The average Bonchev–Trinajstić information content (AvgIpc) is 2.46. The van der Waals surface area contributed by atoms with Crippen molar-refractivity contribution in [3.8, 4) is 0 Å². The monoisotopic (exact) mass is 272 g/mol. The van der Waals surface area contributed by atoms with E-state index in [0.29, 0.717) is 6.04 Å². The topological polar surface area (TPSA) is 32.3 Å². The van der Waals surface area contributed by atoms with E-state index in [1.807, 2.05) is 37.2 Å². The van der Waals surface area contributed by atoms with E-state index in [0.717, 1.165) is 25.7 Å². The van der Waals surface area contributed by atoms with Crippen LogP contribution in [0.1, 0.15) is 24.8 Å². The molecule has 3 nitrogen and oxygen atoms in total. The summed E-state index contributed by atoms with van der Waals surface area (Å²) < 4.78 is 0. The van der Waals surface area contributed by atoms with E-state index in [-0.39, 0.29) is 11.9 Å². The summed E-state index contributed by atoms with van der Waals surface area (Å²) in [5, 5.41) is 3.19. The summed E-state index contributed by atoms with van der Waals surface area (Å²) in [4.78, 5) is 14.5. The number of likely N-dealkylation sites (N-methyl/N-ethyl adjacent to an activating group) is 1. The number of nitrogens with one attached hydrogen (secondary N) is 1. The minimum absolute atomic E-state index is 0.108. The van der Waals surface area contributed by atoms with Gasteiger partial charge in [-0.15, -0.1) is 0 Å². The first-order valence-corrected chi connectivity index (χ1v) is 7.32. The fourth-order valence-corrected chi connectivity index (χ4v) is 2.57. The third-order valence-corrected chi connectivity index (χ3v) is 3.81. The van der Waals surface area contributed by atoms with Crippen molar-refractivity contribution in [1.82, 2.24) is 10.2 Å². The molecule has 0 saturated carbocycles. The molecule has 0 saturated heterocycles. The molecular formula is C17H24N2O. The average molecular weight is 272 g/mol. The molecule has 0 fully saturated rings. The molecule has 108 valence electrons. The Bertz CT molecular complexity index is 453. The molecule has 0 spiro atoms. The van der Waals surface area contributed by atoms with E-state index in [1.165, 1.54) is 5.56 Å². The minimum atomic E-state index is -0.108. The predicted molar refractivity (Wildman–Crippen MR) is 82.5 cm³/mol. The lowest BCUT2D eigenvalue weighted by atomic mass is 10.00. The van der Waals surface area contributed by atoms with Crippen molar-refractivity contribution < 1.29 is 4.79 Å². The van der Waals surface area contributed by atoms with Crippen LogP contribution in [-0.4, -0.2) is 37.0 Å². The second-order valence-electron chi connectivity index (χ2n) is 5.66. The molecule has 1 aromatic rings. The summed E-state index contributed by atoms with van der Waals surface area (Å²) in [6.45, 7) is 0. The Balaban J connectivity index is 1.97. The van der Waals surface area contributed by atoms with E-state index in [4.69, 9.17) is 0 Å². The molecule has 3 heteroatoms. The Labute approximate surface area is 121 Å². The lowest BCUT2D eigenvalue weighted by Crippen LogP contribution is -2.48. The van der Waals surface area contributed by atoms with Crippen molar-refractivity contribution in [2.75, 3.05) is 14.1 Å². The van der Waals surface area contributed by atoms with Crippen LogP contribution in [0.4, 0.5) is 0 Å². The molecule has 1 amide bonds. The number of amides is 1. The molecule has 1 aliphatic rings. The van der Waals surface area contributed by atoms with Gasteiger partial charge in [0.2, 0.25) is 5.91 Å². The molecule has 0 heterocycles. The Morgan fingerprint density at radius 1 is 1.30 bits per heavy atom. The summed E-state index contributed by atoms with van der Waals surface area (Å²) in [7, 11) is 3.93. The summed E-state index contributed by atoms with van der Waals surface area (Å²) in [6.07, 6.45) is 8.18. The highest BCUT2D eigenvalue weighted by molar-refractivity contribution is 5.82. The van der Waals surface area contributed by atoms with Gasteiger partial charge >= 0.3 is 0 Å². The number of hydrogen-bond acceptors (Lipinski definition) is 2. The first kappa shape index (κ1) is 14.8. The number of carbonyl (C=O) groups excluding carboxylic acids is 1. The van der Waals surface area contributed by atoms with Gasteiger partial charge < -0.3 is 5.32 Å². The van der Waals surface area contributed by atoms with E-state index in [9.17, 15) is 4.79 Å². The molecule has 0 bridgehead atoms. The second kappa shape index (κ2) is 7.25. The van der Waals surface area contributed by atoms with Gasteiger partial charge in [0.15, 0.2) is 0 Å². The van der Waals surface area contributed by atoms with E-state index >= 15 is 0 Å². The third-order valence-electron chi connectivity index (χ3n) is 3.81. The number of allylic oxidation sites excluding steroid dienone is 1. The maximum atomic E-state index is 12.5. The van der Waals surface area contributed by atoms with Crippen LogP contribution in [0.3, 0.4) is 0 Å². The van der Waals surface area contributed by atoms with Crippen molar-refractivity contribution in [3.63, 3.8) is 0 Å². The van der Waals surface area contributed by atoms with Crippen LogP contribution in [0.25, 0.3) is 0 Å². The maximum Gasteiger partial charge on any atom is 0.237 e. The lowest BCUT2D eigenvalue weighted by molar-refractivity contribution is -0.126. The van der Waals surface area contributed by atoms with Crippen LogP contribution in [-0.2, 0) is 11.2 Å². The standard InChI is InChI=1S/C17H24N2O/c1-19(2)16(13-14-9-5-3-6-10-14)17(20)18-15-11-7-4-8-12-15/h3-7,9-10,15-16H,8,11-13H2,1-2H3,(H,18,20)/t15-,16-/m1/s1. The van der Waals surface area contributed by atoms with Crippen molar-refractivity contribution in [2.24, 2.45) is 0 Å². The summed E-state index contributed by atoms with van der Waals surface area (Å²) in [5.41, 5.74) is 1.20. The van der Waals surface area contributed by atoms with Gasteiger partial charge in [-0.2, -0.15) is 0 Å². The zero-order valence-electron chi connectivity index (χ0n) is 12.4. The highest BCUT2D eigenvalue weighted by Gasteiger charge is 2.23. The van der Waals surface area contributed by atoms with Crippen LogP contribution in [0.15, 0.2) is 42.5 Å². The maximum absolute atomic E-state index is 12.5. The van der Waals surface area contributed by atoms with Gasteiger partial charge in [0.05, 0.1) is 6.04 Å². The van der Waals surface area contributed by atoms with Gasteiger partial charge in [0.25, 0.3) is 0 Å². The number of benzene rings is 1. The number of carbonyl (C=O) groups is 1.